The van der Waals surface area contributed by atoms with Crippen LogP contribution >= 0.6 is 23.4 Å². The van der Waals surface area contributed by atoms with Crippen molar-refractivity contribution < 1.29 is 13.9 Å². The number of rotatable bonds is 3. The fraction of sp³-hybridized carbons (Fsp3) is 0.333. The molecule has 0 radical (unpaired) electrons. The van der Waals surface area contributed by atoms with Crippen molar-refractivity contribution in [2.45, 2.75) is 12.0 Å². The van der Waals surface area contributed by atoms with Crippen molar-refractivity contribution in [3.63, 3.8) is 0 Å². The van der Waals surface area contributed by atoms with Gasteiger partial charge in [0.15, 0.2) is 5.17 Å². The van der Waals surface area contributed by atoms with E-state index < -0.39 is 17.3 Å². The normalized spacial score (nSPS) is 24.2. The molecule has 0 aliphatic carbocycles. The largest absolute Gasteiger partial charge is 0.381 e. The van der Waals surface area contributed by atoms with Gasteiger partial charge >= 0.3 is 0 Å². The highest BCUT2D eigenvalue weighted by molar-refractivity contribution is 8.13. The minimum absolute atomic E-state index is 0.00130. The predicted octanol–water partition coefficient (Wildman–Crippen LogP) is 2.81. The second-order valence-electron chi connectivity index (χ2n) is 6.58. The highest BCUT2D eigenvalue weighted by atomic mass is 35.5. The van der Waals surface area contributed by atoms with E-state index in [9.17, 15) is 9.18 Å². The van der Waals surface area contributed by atoms with Gasteiger partial charge in [-0.2, -0.15) is 0 Å². The molecule has 1 unspecified atom stereocenters. The Morgan fingerprint density at radius 1 is 1.39 bits per heavy atom. The van der Waals surface area contributed by atoms with Gasteiger partial charge in [-0.15, -0.1) is 0 Å². The molecular weight excluding hydrogens is 405 g/mol. The van der Waals surface area contributed by atoms with Crippen molar-refractivity contribution in [1.29, 1.82) is 0 Å². The van der Waals surface area contributed by atoms with Crippen LogP contribution in [-0.4, -0.2) is 40.0 Å². The van der Waals surface area contributed by atoms with Gasteiger partial charge in [0, 0.05) is 48.3 Å². The number of nitrogens with two attached hydrogens (primary N) is 1. The number of aromatic nitrogens is 2. The Balaban J connectivity index is 1.68. The summed E-state index contributed by atoms with van der Waals surface area (Å²) < 4.78 is 20.4. The molecule has 2 aliphatic heterocycles. The number of nitrogens with one attached hydrogen (secondary N) is 1. The van der Waals surface area contributed by atoms with Gasteiger partial charge in [-0.1, -0.05) is 23.4 Å². The van der Waals surface area contributed by atoms with Crippen LogP contribution in [0.1, 0.15) is 22.6 Å². The smallest absolute Gasteiger partial charge is 0.293 e. The molecule has 1 saturated heterocycles. The van der Waals surface area contributed by atoms with Crippen molar-refractivity contribution in [3.05, 3.63) is 52.8 Å². The van der Waals surface area contributed by atoms with Gasteiger partial charge in [0.2, 0.25) is 5.82 Å². The fourth-order valence-electron chi connectivity index (χ4n) is 3.51. The zero-order valence-electron chi connectivity index (χ0n) is 14.7. The van der Waals surface area contributed by atoms with Crippen LogP contribution in [-0.2, 0) is 10.3 Å². The molecule has 3 N–H and O–H groups in total. The number of nitrogens with zero attached hydrogens (tertiary/aromatic N) is 3. The Kier molecular flexibility index (Phi) is 5.22. The van der Waals surface area contributed by atoms with E-state index in [1.54, 1.807) is 6.07 Å². The molecule has 1 fully saturated rings. The second kappa shape index (κ2) is 7.65. The number of fused-ring (bicyclic) bond motifs is 1. The summed E-state index contributed by atoms with van der Waals surface area (Å²) in [7, 11) is 0. The van der Waals surface area contributed by atoms with Crippen molar-refractivity contribution in [3.8, 4) is 0 Å². The lowest BCUT2D eigenvalue weighted by molar-refractivity contribution is 0.00886. The first kappa shape index (κ1) is 19.1. The Morgan fingerprint density at radius 2 is 2.18 bits per heavy atom. The lowest BCUT2D eigenvalue weighted by Gasteiger charge is -2.44. The van der Waals surface area contributed by atoms with E-state index in [-0.39, 0.29) is 11.7 Å². The number of carbonyl (C=O) groups is 1. The summed E-state index contributed by atoms with van der Waals surface area (Å²) in [6.07, 6.45) is 3.19. The molecule has 146 valence electrons. The highest BCUT2D eigenvalue weighted by Crippen LogP contribution is 2.46. The molecule has 28 heavy (non-hydrogen) atoms. The number of halogens is 2. The number of carbonyl (C=O) groups excluding carboxylic acids is 1. The van der Waals surface area contributed by atoms with E-state index in [4.69, 9.17) is 22.1 Å². The summed E-state index contributed by atoms with van der Waals surface area (Å²) in [5.74, 6) is -0.245. The predicted molar refractivity (Wildman–Crippen MR) is 106 cm³/mol. The van der Waals surface area contributed by atoms with Crippen molar-refractivity contribution in [2.24, 2.45) is 16.6 Å². The molecule has 2 atom stereocenters. The molecular formula is C18H17ClFN5O2S. The summed E-state index contributed by atoms with van der Waals surface area (Å²) in [6.45, 7) is 0.949. The molecule has 2 aliphatic rings. The van der Waals surface area contributed by atoms with Crippen molar-refractivity contribution in [1.82, 2.24) is 9.97 Å². The number of benzene rings is 1. The summed E-state index contributed by atoms with van der Waals surface area (Å²) >= 11 is 7.19. The molecule has 0 spiro atoms. The molecule has 3 heterocycles. The molecule has 1 amide bonds. The number of anilines is 1. The van der Waals surface area contributed by atoms with Crippen LogP contribution in [0.4, 0.5) is 10.1 Å². The third-order valence-electron chi connectivity index (χ3n) is 4.88. The third-order valence-corrected chi connectivity index (χ3v) is 6.03. The Hall–Kier alpha value is -2.23. The number of hydrogen-bond acceptors (Lipinski definition) is 7. The molecule has 10 heteroatoms. The minimum Gasteiger partial charge on any atom is -0.381 e. The van der Waals surface area contributed by atoms with Gasteiger partial charge in [0.1, 0.15) is 5.82 Å². The third kappa shape index (κ3) is 3.57. The van der Waals surface area contributed by atoms with Gasteiger partial charge in [0.25, 0.3) is 5.91 Å². The van der Waals surface area contributed by atoms with Crippen LogP contribution in [0.25, 0.3) is 0 Å². The maximum atomic E-state index is 14.8. The monoisotopic (exact) mass is 421 g/mol. The maximum Gasteiger partial charge on any atom is 0.293 e. The van der Waals surface area contributed by atoms with Crippen LogP contribution in [0.5, 0.6) is 0 Å². The number of amidine groups is 1. The summed E-state index contributed by atoms with van der Waals surface area (Å²) in [5, 5.41) is 3.46. The zero-order valence-corrected chi connectivity index (χ0v) is 16.3. The number of hydrogen-bond donors (Lipinski definition) is 2. The maximum absolute atomic E-state index is 14.8. The van der Waals surface area contributed by atoms with Gasteiger partial charge < -0.3 is 15.8 Å². The standard InChI is InChI=1S/C18H17ClFN5O2S/c19-11-6-22-15(23-7-11)16(26)24-12-1-2-14(20)13(5-12)18-3-4-27-8-10(18)9-28-17(21)25-18/h1-2,5-7,10H,3-4,8-9H2,(H2,21,25)(H,24,26)/t10?,18-/m1/s1. The van der Waals surface area contributed by atoms with E-state index in [0.29, 0.717) is 46.8 Å². The van der Waals surface area contributed by atoms with E-state index in [0.717, 1.165) is 0 Å². The highest BCUT2D eigenvalue weighted by Gasteiger charge is 2.47. The zero-order chi connectivity index (χ0) is 19.7. The first-order valence-corrected chi connectivity index (χ1v) is 9.99. The van der Waals surface area contributed by atoms with Crippen LogP contribution in [0, 0.1) is 11.7 Å². The van der Waals surface area contributed by atoms with Gasteiger partial charge in [0.05, 0.1) is 17.2 Å². The Morgan fingerprint density at radius 3 is 2.96 bits per heavy atom. The van der Waals surface area contributed by atoms with E-state index in [2.05, 4.69) is 20.3 Å². The van der Waals surface area contributed by atoms with Gasteiger partial charge in [-0.05, 0) is 18.2 Å². The minimum atomic E-state index is -0.796. The average molecular weight is 422 g/mol. The fourth-order valence-corrected chi connectivity index (χ4v) is 4.58. The SMILES string of the molecule is NC1=N[C@]2(c3cc(NC(=O)c4ncc(Cl)cn4)ccc3F)CCOCC2CS1. The number of amides is 1. The van der Waals surface area contributed by atoms with Gasteiger partial charge in [-0.3, -0.25) is 9.79 Å². The molecule has 2 aromatic rings. The first-order valence-electron chi connectivity index (χ1n) is 8.63. The Labute approximate surface area is 169 Å². The molecule has 4 rings (SSSR count). The van der Waals surface area contributed by atoms with Crippen molar-refractivity contribution in [2.75, 3.05) is 24.3 Å². The van der Waals surface area contributed by atoms with Crippen molar-refractivity contribution >= 4 is 40.1 Å². The van der Waals surface area contributed by atoms with Crippen LogP contribution < -0.4 is 11.1 Å². The van der Waals surface area contributed by atoms with E-state index in [1.807, 2.05) is 0 Å². The molecule has 1 aromatic heterocycles. The van der Waals surface area contributed by atoms with Gasteiger partial charge in [-0.25, -0.2) is 14.4 Å². The van der Waals surface area contributed by atoms with E-state index in [1.165, 1.54) is 36.3 Å². The Bertz CT molecular complexity index is 942. The topological polar surface area (TPSA) is 102 Å². The number of thioether (sulfide) groups is 1. The lowest BCUT2D eigenvalue weighted by Crippen LogP contribution is -2.47. The molecule has 7 nitrogen and oxygen atoms in total. The first-order chi connectivity index (χ1) is 13.5. The van der Waals surface area contributed by atoms with Crippen LogP contribution in [0.3, 0.4) is 0 Å². The summed E-state index contributed by atoms with van der Waals surface area (Å²) in [5.41, 5.74) is 6.00. The molecule has 1 aromatic carbocycles. The second-order valence-corrected chi connectivity index (χ2v) is 8.06. The summed E-state index contributed by atoms with van der Waals surface area (Å²) in [6, 6.07) is 4.42. The average Bonchev–Trinajstić information content (AvgIpc) is 2.69. The van der Waals surface area contributed by atoms with E-state index >= 15 is 0 Å². The lowest BCUT2D eigenvalue weighted by atomic mass is 9.75. The molecule has 0 bridgehead atoms. The van der Waals surface area contributed by atoms with Crippen LogP contribution in [0.15, 0.2) is 35.6 Å². The summed E-state index contributed by atoms with van der Waals surface area (Å²) in [4.78, 5) is 24.8. The number of ether oxygens (including phenoxy) is 1. The quantitative estimate of drug-likeness (QED) is 0.790. The molecule has 0 saturated carbocycles. The van der Waals surface area contributed by atoms with Crippen LogP contribution in [0.2, 0.25) is 5.02 Å². The number of aliphatic imine (C=N–C) groups is 1.